The molecule has 98 valence electrons. The molecule has 19 heavy (non-hydrogen) atoms. The lowest BCUT2D eigenvalue weighted by atomic mass is 10.1. The van der Waals surface area contributed by atoms with Gasteiger partial charge in [-0.1, -0.05) is 6.07 Å². The van der Waals surface area contributed by atoms with Gasteiger partial charge in [0.25, 0.3) is 0 Å². The first-order chi connectivity index (χ1) is 9.22. The van der Waals surface area contributed by atoms with E-state index in [1.165, 1.54) is 12.1 Å². The Kier molecular flexibility index (Phi) is 3.44. The van der Waals surface area contributed by atoms with Gasteiger partial charge in [-0.05, 0) is 34.1 Å². The predicted octanol–water partition coefficient (Wildman–Crippen LogP) is 2.77. The summed E-state index contributed by atoms with van der Waals surface area (Å²) >= 11 is 3.31. The van der Waals surface area contributed by atoms with E-state index in [4.69, 9.17) is 0 Å². The Balaban J connectivity index is 1.98. The molecule has 0 unspecified atom stereocenters. The van der Waals surface area contributed by atoms with Crippen molar-refractivity contribution in [2.75, 3.05) is 11.9 Å². The number of hydrogen-bond acceptors (Lipinski definition) is 4. The molecule has 6 heteroatoms. The zero-order chi connectivity index (χ0) is 13.2. The van der Waals surface area contributed by atoms with Crippen LogP contribution >= 0.6 is 15.9 Å². The second-order valence-corrected chi connectivity index (χ2v) is 5.04. The van der Waals surface area contributed by atoms with Gasteiger partial charge in [0.1, 0.15) is 11.6 Å². The van der Waals surface area contributed by atoms with Crippen LogP contribution in [0.5, 0.6) is 0 Å². The number of nitrogens with zero attached hydrogens (tertiary/aromatic N) is 2. The number of fused-ring (bicyclic) bond motifs is 1. The van der Waals surface area contributed by atoms with Crippen LogP contribution in [0.15, 0.2) is 29.0 Å². The van der Waals surface area contributed by atoms with E-state index >= 15 is 0 Å². The zero-order valence-corrected chi connectivity index (χ0v) is 11.7. The first kappa shape index (κ1) is 12.5. The lowest BCUT2D eigenvalue weighted by molar-refractivity contribution is 0.625. The Morgan fingerprint density at radius 3 is 3.05 bits per heavy atom. The molecule has 2 N–H and O–H groups in total. The maximum absolute atomic E-state index is 13.2. The minimum atomic E-state index is -0.273. The van der Waals surface area contributed by atoms with Crippen LogP contribution in [0.2, 0.25) is 0 Å². The van der Waals surface area contributed by atoms with Crippen molar-refractivity contribution in [2.24, 2.45) is 0 Å². The van der Waals surface area contributed by atoms with Crippen LogP contribution in [-0.4, -0.2) is 16.5 Å². The minimum Gasteiger partial charge on any atom is -0.340 e. The third kappa shape index (κ3) is 2.74. The number of hydrogen-bond donors (Lipinski definition) is 2. The maximum atomic E-state index is 13.2. The molecule has 4 nitrogen and oxygen atoms in total. The quantitative estimate of drug-likeness (QED) is 0.835. The number of aromatic nitrogens is 2. The standard InChI is InChI=1S/C13H12BrFN4/c14-13-18-11-4-5-16-7-10(11)12(19-13)17-9-3-1-2-8(15)6-9/h1-3,6,16H,4-5,7H2,(H,17,18,19). The molecule has 0 radical (unpaired) electrons. The fraction of sp³-hybridized carbons (Fsp3) is 0.231. The first-order valence-corrected chi connectivity index (χ1v) is 6.80. The highest BCUT2D eigenvalue weighted by Crippen LogP contribution is 2.25. The third-order valence-electron chi connectivity index (χ3n) is 2.99. The van der Waals surface area contributed by atoms with Crippen LogP contribution in [0.1, 0.15) is 11.3 Å². The molecule has 0 bridgehead atoms. The fourth-order valence-electron chi connectivity index (χ4n) is 2.12. The molecule has 2 heterocycles. The molecule has 0 atom stereocenters. The van der Waals surface area contributed by atoms with Crippen LogP contribution in [-0.2, 0) is 13.0 Å². The van der Waals surface area contributed by atoms with Crippen LogP contribution in [0, 0.1) is 5.82 Å². The Morgan fingerprint density at radius 2 is 2.21 bits per heavy atom. The van der Waals surface area contributed by atoms with Crippen molar-refractivity contribution in [1.82, 2.24) is 15.3 Å². The van der Waals surface area contributed by atoms with Gasteiger partial charge >= 0.3 is 0 Å². The molecule has 0 aliphatic carbocycles. The predicted molar refractivity (Wildman–Crippen MR) is 74.8 cm³/mol. The van der Waals surface area contributed by atoms with Crippen LogP contribution in [0.25, 0.3) is 0 Å². The maximum Gasteiger partial charge on any atom is 0.198 e. The van der Waals surface area contributed by atoms with E-state index in [2.05, 4.69) is 36.5 Å². The van der Waals surface area contributed by atoms with Crippen molar-refractivity contribution < 1.29 is 4.39 Å². The monoisotopic (exact) mass is 322 g/mol. The van der Waals surface area contributed by atoms with Gasteiger partial charge in [0, 0.05) is 30.8 Å². The van der Waals surface area contributed by atoms with Crippen molar-refractivity contribution in [3.63, 3.8) is 0 Å². The van der Waals surface area contributed by atoms with Gasteiger partial charge in [-0.15, -0.1) is 0 Å². The number of halogens is 2. The highest BCUT2D eigenvalue weighted by Gasteiger charge is 2.17. The summed E-state index contributed by atoms with van der Waals surface area (Å²) in [5.74, 6) is 0.444. The molecule has 0 spiro atoms. The summed E-state index contributed by atoms with van der Waals surface area (Å²) in [6.45, 7) is 1.64. The van der Waals surface area contributed by atoms with E-state index in [1.807, 2.05) is 6.07 Å². The molecule has 1 aromatic heterocycles. The molecule has 2 aromatic rings. The van der Waals surface area contributed by atoms with E-state index in [0.29, 0.717) is 10.4 Å². The Labute approximate surface area is 118 Å². The van der Waals surface area contributed by atoms with Crippen LogP contribution in [0.3, 0.4) is 0 Å². The molecule has 1 aromatic carbocycles. The van der Waals surface area contributed by atoms with Gasteiger partial charge in [-0.2, -0.15) is 0 Å². The van der Waals surface area contributed by atoms with Gasteiger partial charge < -0.3 is 10.6 Å². The molecule has 3 rings (SSSR count). The van der Waals surface area contributed by atoms with Crippen LogP contribution in [0.4, 0.5) is 15.9 Å². The molecular formula is C13H12BrFN4. The summed E-state index contributed by atoms with van der Waals surface area (Å²) in [5, 5.41) is 6.44. The average molecular weight is 323 g/mol. The highest BCUT2D eigenvalue weighted by molar-refractivity contribution is 9.10. The molecular weight excluding hydrogens is 311 g/mol. The summed E-state index contributed by atoms with van der Waals surface area (Å²) in [7, 11) is 0. The second-order valence-electron chi connectivity index (χ2n) is 4.33. The highest BCUT2D eigenvalue weighted by atomic mass is 79.9. The Hall–Kier alpha value is -1.53. The molecule has 1 aliphatic rings. The van der Waals surface area contributed by atoms with Gasteiger partial charge in [0.15, 0.2) is 4.73 Å². The average Bonchev–Trinajstić information content (AvgIpc) is 2.38. The number of rotatable bonds is 2. The van der Waals surface area contributed by atoms with E-state index in [-0.39, 0.29) is 5.82 Å². The van der Waals surface area contributed by atoms with Crippen molar-refractivity contribution in [3.05, 3.63) is 46.1 Å². The van der Waals surface area contributed by atoms with Gasteiger partial charge in [-0.3, -0.25) is 0 Å². The van der Waals surface area contributed by atoms with Gasteiger partial charge in [-0.25, -0.2) is 14.4 Å². The molecule has 0 saturated heterocycles. The van der Waals surface area contributed by atoms with Crippen molar-refractivity contribution in [1.29, 1.82) is 0 Å². The zero-order valence-electron chi connectivity index (χ0n) is 10.1. The first-order valence-electron chi connectivity index (χ1n) is 6.01. The summed E-state index contributed by atoms with van der Waals surface area (Å²) in [6, 6.07) is 6.33. The summed E-state index contributed by atoms with van der Waals surface area (Å²) in [5.41, 5.74) is 2.75. The van der Waals surface area contributed by atoms with Crippen molar-refractivity contribution in [3.8, 4) is 0 Å². The normalized spacial score (nSPS) is 14.0. The van der Waals surface area contributed by atoms with E-state index in [1.54, 1.807) is 6.07 Å². The summed E-state index contributed by atoms with van der Waals surface area (Å²) in [6.07, 6.45) is 0.869. The fourth-order valence-corrected chi connectivity index (χ4v) is 2.51. The molecule has 1 aliphatic heterocycles. The van der Waals surface area contributed by atoms with E-state index < -0.39 is 0 Å². The second kappa shape index (κ2) is 5.22. The summed E-state index contributed by atoms with van der Waals surface area (Å²) in [4.78, 5) is 8.73. The SMILES string of the molecule is Fc1cccc(Nc2nc(Br)nc3c2CNCC3)c1. The number of nitrogens with one attached hydrogen (secondary N) is 2. The van der Waals surface area contributed by atoms with Crippen LogP contribution < -0.4 is 10.6 Å². The van der Waals surface area contributed by atoms with Gasteiger partial charge in [0.2, 0.25) is 0 Å². The Morgan fingerprint density at radius 1 is 1.32 bits per heavy atom. The van der Waals surface area contributed by atoms with E-state index in [0.717, 1.165) is 36.6 Å². The topological polar surface area (TPSA) is 49.8 Å². The number of anilines is 2. The molecule has 0 amide bonds. The lowest BCUT2D eigenvalue weighted by Crippen LogP contribution is -2.26. The van der Waals surface area contributed by atoms with Gasteiger partial charge in [0.05, 0.1) is 5.69 Å². The summed E-state index contributed by atoms with van der Waals surface area (Å²) < 4.78 is 13.7. The van der Waals surface area contributed by atoms with Crippen molar-refractivity contribution in [2.45, 2.75) is 13.0 Å². The lowest BCUT2D eigenvalue weighted by Gasteiger charge is -2.19. The van der Waals surface area contributed by atoms with E-state index in [9.17, 15) is 4.39 Å². The minimum absolute atomic E-state index is 0.273. The largest absolute Gasteiger partial charge is 0.340 e. The molecule has 0 saturated carbocycles. The Bertz CT molecular complexity index is 618. The molecule has 0 fully saturated rings. The smallest absolute Gasteiger partial charge is 0.198 e. The van der Waals surface area contributed by atoms with Crippen molar-refractivity contribution >= 4 is 27.4 Å². The number of benzene rings is 1. The third-order valence-corrected chi connectivity index (χ3v) is 3.35.